The topological polar surface area (TPSA) is 17.1 Å². The van der Waals surface area contributed by atoms with Gasteiger partial charge in [0.2, 0.25) is 0 Å². The van der Waals surface area contributed by atoms with Crippen LogP contribution in [0.5, 0.6) is 0 Å². The van der Waals surface area contributed by atoms with Gasteiger partial charge in [-0.15, -0.1) is 0 Å². The fourth-order valence-corrected chi connectivity index (χ4v) is 2.18. The first-order valence-electron chi connectivity index (χ1n) is 4.81. The lowest BCUT2D eigenvalue weighted by Crippen LogP contribution is -2.05. The van der Waals surface area contributed by atoms with Crippen molar-refractivity contribution >= 4 is 17.5 Å². The van der Waals surface area contributed by atoms with Crippen LogP contribution in [0, 0.1) is 11.8 Å². The van der Waals surface area contributed by atoms with E-state index in [-0.39, 0.29) is 0 Å². The molecule has 1 nitrogen and oxygen atoms in total. The number of hydrogen-bond donors (Lipinski definition) is 0. The molecule has 2 heteroatoms. The predicted octanol–water partition coefficient (Wildman–Crippen LogP) is 2.74. The average Bonchev–Trinajstić information content (AvgIpc) is 2.80. The Hall–Kier alpha value is 0.0200. The molecule has 1 aliphatic rings. The number of unbranched alkanes of at least 4 members (excludes halogenated alkanes) is 1. The highest BCUT2D eigenvalue weighted by Gasteiger charge is 2.40. The van der Waals surface area contributed by atoms with Crippen molar-refractivity contribution in [2.24, 2.45) is 11.8 Å². The van der Waals surface area contributed by atoms with E-state index >= 15 is 0 Å². The summed E-state index contributed by atoms with van der Waals surface area (Å²) in [4.78, 5) is 11.4. The number of carbonyl (C=O) groups excluding carboxylic acids is 1. The summed E-state index contributed by atoms with van der Waals surface area (Å²) in [5.74, 6) is 2.42. The molecule has 0 aromatic heterocycles. The predicted molar refractivity (Wildman–Crippen MR) is 54.5 cm³/mol. The van der Waals surface area contributed by atoms with Gasteiger partial charge in [0.1, 0.15) is 5.78 Å². The van der Waals surface area contributed by atoms with Crippen molar-refractivity contribution < 1.29 is 4.79 Å². The van der Waals surface area contributed by atoms with Crippen LogP contribution in [0.15, 0.2) is 0 Å². The molecule has 0 saturated heterocycles. The Bertz CT molecular complexity index is 156. The molecule has 0 amide bonds. The average molecular weight is 186 g/mol. The minimum absolute atomic E-state index is 0.448. The normalized spacial score (nSPS) is 27.2. The quantitative estimate of drug-likeness (QED) is 0.634. The first-order valence-corrected chi connectivity index (χ1v) is 6.20. The summed E-state index contributed by atoms with van der Waals surface area (Å²) in [6.45, 7) is 2.21. The van der Waals surface area contributed by atoms with E-state index in [1.807, 2.05) is 6.26 Å². The van der Waals surface area contributed by atoms with E-state index in [0.29, 0.717) is 11.7 Å². The van der Waals surface area contributed by atoms with E-state index in [1.54, 1.807) is 11.8 Å². The summed E-state index contributed by atoms with van der Waals surface area (Å²) in [5, 5.41) is 0. The summed E-state index contributed by atoms with van der Waals surface area (Å²) < 4.78 is 0. The van der Waals surface area contributed by atoms with Crippen molar-refractivity contribution in [2.45, 2.75) is 32.6 Å². The van der Waals surface area contributed by atoms with E-state index in [2.05, 4.69) is 6.92 Å². The van der Waals surface area contributed by atoms with Gasteiger partial charge in [0, 0.05) is 5.92 Å². The molecule has 70 valence electrons. The highest BCUT2D eigenvalue weighted by Crippen LogP contribution is 2.43. The molecule has 2 atom stereocenters. The maximum Gasteiger partial charge on any atom is 0.146 e. The van der Waals surface area contributed by atoms with Gasteiger partial charge in [0.05, 0.1) is 5.75 Å². The van der Waals surface area contributed by atoms with E-state index in [9.17, 15) is 4.79 Å². The standard InChI is InChI=1S/C10H18OS/c1-3-4-5-8-6-9(8)10(11)7-12-2/h8-9H,3-7H2,1-2H3. The molecule has 0 aromatic carbocycles. The molecule has 1 aliphatic carbocycles. The molecule has 2 unspecified atom stereocenters. The first kappa shape index (κ1) is 10.1. The van der Waals surface area contributed by atoms with Crippen molar-refractivity contribution in [1.29, 1.82) is 0 Å². The Labute approximate surface area is 79.3 Å². The van der Waals surface area contributed by atoms with E-state index < -0.39 is 0 Å². The van der Waals surface area contributed by atoms with Crippen molar-refractivity contribution in [2.75, 3.05) is 12.0 Å². The van der Waals surface area contributed by atoms with Gasteiger partial charge >= 0.3 is 0 Å². The zero-order chi connectivity index (χ0) is 8.97. The Morgan fingerprint density at radius 1 is 1.58 bits per heavy atom. The molecular formula is C10H18OS. The highest BCUT2D eigenvalue weighted by molar-refractivity contribution is 7.99. The number of hydrogen-bond acceptors (Lipinski definition) is 2. The third kappa shape index (κ3) is 2.81. The molecule has 0 aromatic rings. The Balaban J connectivity index is 2.10. The second kappa shape index (κ2) is 4.90. The molecule has 1 saturated carbocycles. The van der Waals surface area contributed by atoms with Gasteiger partial charge < -0.3 is 0 Å². The number of thioether (sulfide) groups is 1. The summed E-state index contributed by atoms with van der Waals surface area (Å²) in [6.07, 6.45) is 7.02. The zero-order valence-corrected chi connectivity index (χ0v) is 8.82. The minimum Gasteiger partial charge on any atom is -0.298 e. The number of Topliss-reactive ketones (excluding diaryl/α,β-unsaturated/α-hetero) is 1. The van der Waals surface area contributed by atoms with Crippen LogP contribution in [0.1, 0.15) is 32.6 Å². The molecule has 0 heterocycles. The smallest absolute Gasteiger partial charge is 0.146 e. The Morgan fingerprint density at radius 3 is 2.92 bits per heavy atom. The van der Waals surface area contributed by atoms with Crippen LogP contribution in [-0.4, -0.2) is 17.8 Å². The van der Waals surface area contributed by atoms with Crippen LogP contribution in [-0.2, 0) is 4.79 Å². The monoisotopic (exact) mass is 186 g/mol. The minimum atomic E-state index is 0.448. The molecule has 0 radical (unpaired) electrons. The van der Waals surface area contributed by atoms with Crippen molar-refractivity contribution in [3.05, 3.63) is 0 Å². The lowest BCUT2D eigenvalue weighted by molar-refractivity contribution is -0.118. The maximum atomic E-state index is 11.4. The number of carbonyl (C=O) groups is 1. The first-order chi connectivity index (χ1) is 5.79. The maximum absolute atomic E-state index is 11.4. The zero-order valence-electron chi connectivity index (χ0n) is 8.01. The number of rotatable bonds is 6. The lowest BCUT2D eigenvalue weighted by Gasteiger charge is -1.96. The summed E-state index contributed by atoms with van der Waals surface area (Å²) >= 11 is 1.65. The van der Waals surface area contributed by atoms with Crippen LogP contribution >= 0.6 is 11.8 Å². The third-order valence-electron chi connectivity index (χ3n) is 2.55. The summed E-state index contributed by atoms with van der Waals surface area (Å²) in [7, 11) is 0. The Morgan fingerprint density at radius 2 is 2.33 bits per heavy atom. The second-order valence-corrected chi connectivity index (χ2v) is 4.51. The van der Waals surface area contributed by atoms with Crippen molar-refractivity contribution in [3.8, 4) is 0 Å². The summed E-state index contributed by atoms with van der Waals surface area (Å²) in [5.41, 5.74) is 0. The fraction of sp³-hybridized carbons (Fsp3) is 0.900. The van der Waals surface area contributed by atoms with E-state index in [1.165, 1.54) is 25.7 Å². The van der Waals surface area contributed by atoms with Gasteiger partial charge in [0.25, 0.3) is 0 Å². The molecule has 1 fully saturated rings. The van der Waals surface area contributed by atoms with E-state index in [0.717, 1.165) is 11.7 Å². The Kier molecular flexibility index (Phi) is 4.13. The van der Waals surface area contributed by atoms with Gasteiger partial charge in [-0.25, -0.2) is 0 Å². The van der Waals surface area contributed by atoms with Crippen LogP contribution < -0.4 is 0 Å². The van der Waals surface area contributed by atoms with Crippen molar-refractivity contribution in [3.63, 3.8) is 0 Å². The van der Waals surface area contributed by atoms with Crippen molar-refractivity contribution in [1.82, 2.24) is 0 Å². The van der Waals surface area contributed by atoms with Gasteiger partial charge in [-0.05, 0) is 25.0 Å². The van der Waals surface area contributed by atoms with Crippen LogP contribution in [0.2, 0.25) is 0 Å². The lowest BCUT2D eigenvalue weighted by atomic mass is 10.1. The SMILES string of the molecule is CCCCC1CC1C(=O)CSC. The van der Waals surface area contributed by atoms with E-state index in [4.69, 9.17) is 0 Å². The van der Waals surface area contributed by atoms with Gasteiger partial charge in [-0.1, -0.05) is 19.8 Å². The fourth-order valence-electron chi connectivity index (χ4n) is 1.68. The van der Waals surface area contributed by atoms with Crippen LogP contribution in [0.3, 0.4) is 0 Å². The second-order valence-electron chi connectivity index (χ2n) is 3.64. The van der Waals surface area contributed by atoms with Crippen LogP contribution in [0.4, 0.5) is 0 Å². The van der Waals surface area contributed by atoms with Gasteiger partial charge in [0.15, 0.2) is 0 Å². The largest absolute Gasteiger partial charge is 0.298 e. The number of ketones is 1. The molecule has 0 bridgehead atoms. The molecular weight excluding hydrogens is 168 g/mol. The van der Waals surface area contributed by atoms with Gasteiger partial charge in [-0.2, -0.15) is 11.8 Å². The third-order valence-corrected chi connectivity index (χ3v) is 3.12. The summed E-state index contributed by atoms with van der Waals surface area (Å²) in [6, 6.07) is 0. The molecule has 0 aliphatic heterocycles. The molecule has 0 spiro atoms. The van der Waals surface area contributed by atoms with Gasteiger partial charge in [-0.3, -0.25) is 4.79 Å². The molecule has 12 heavy (non-hydrogen) atoms. The molecule has 0 N–H and O–H groups in total. The highest BCUT2D eigenvalue weighted by atomic mass is 32.2. The molecule has 1 rings (SSSR count). The van der Waals surface area contributed by atoms with Crippen LogP contribution in [0.25, 0.3) is 0 Å².